The molecule has 0 heterocycles. The molecule has 32 heavy (non-hydrogen) atoms. The van der Waals surface area contributed by atoms with Crippen molar-refractivity contribution in [3.05, 3.63) is 0 Å². The molecular weight excluding hydrogens is 406 g/mol. The summed E-state index contributed by atoms with van der Waals surface area (Å²) in [5, 5.41) is 0. The largest absolute Gasteiger partial charge is 0.383 e. The smallest absolute Gasteiger partial charge is 0.0701 e. The van der Waals surface area contributed by atoms with Crippen molar-refractivity contribution in [2.24, 2.45) is 10.8 Å². The van der Waals surface area contributed by atoms with Gasteiger partial charge in [0.05, 0.1) is 59.5 Å². The highest BCUT2D eigenvalue weighted by Crippen LogP contribution is 2.33. The Morgan fingerprint density at radius 1 is 0.594 bits per heavy atom. The van der Waals surface area contributed by atoms with Crippen molar-refractivity contribution in [3.8, 4) is 0 Å². The van der Waals surface area contributed by atoms with Gasteiger partial charge in [-0.2, -0.15) is 0 Å². The third-order valence-corrected chi connectivity index (χ3v) is 4.23. The summed E-state index contributed by atoms with van der Waals surface area (Å²) < 4.78 is 27.5. The molecular formula is C26H59NO5. The first kappa shape index (κ1) is 36.3. The van der Waals surface area contributed by atoms with E-state index in [9.17, 15) is 0 Å². The Labute approximate surface area is 201 Å². The van der Waals surface area contributed by atoms with Gasteiger partial charge in [0.2, 0.25) is 0 Å². The zero-order chi connectivity index (χ0) is 25.3. The molecule has 0 fully saturated rings. The third kappa shape index (κ3) is 29.8. The standard InChI is InChI=1S/C22H47NO5.2C2H6/c1-8-23(9-11-24-7)10-12-25-13-14-26-15-16-27-17-18-28-20-22(5,6)19-21(2,3)4;2*1-2/h8-20H2,1-7H3;2*1-2H3. The number of likely N-dealkylation sites (N-methyl/N-ethyl adjacent to an activating group) is 1. The molecule has 0 unspecified atom stereocenters. The molecule has 0 aromatic heterocycles. The third-order valence-electron chi connectivity index (χ3n) is 4.23. The van der Waals surface area contributed by atoms with Crippen molar-refractivity contribution in [1.82, 2.24) is 4.90 Å². The lowest BCUT2D eigenvalue weighted by molar-refractivity contribution is -0.0186. The van der Waals surface area contributed by atoms with Crippen molar-refractivity contribution in [2.75, 3.05) is 86.2 Å². The predicted molar refractivity (Wildman–Crippen MR) is 138 cm³/mol. The average Bonchev–Trinajstić information content (AvgIpc) is 2.74. The van der Waals surface area contributed by atoms with Crippen molar-refractivity contribution in [1.29, 1.82) is 0 Å². The van der Waals surface area contributed by atoms with Crippen molar-refractivity contribution < 1.29 is 23.7 Å². The van der Waals surface area contributed by atoms with Gasteiger partial charge < -0.3 is 23.7 Å². The van der Waals surface area contributed by atoms with Crippen LogP contribution in [0.25, 0.3) is 0 Å². The monoisotopic (exact) mass is 465 g/mol. The van der Waals surface area contributed by atoms with Gasteiger partial charge in [-0.3, -0.25) is 4.90 Å². The summed E-state index contributed by atoms with van der Waals surface area (Å²) in [6, 6.07) is 0. The molecule has 0 saturated heterocycles. The Morgan fingerprint density at radius 2 is 1.00 bits per heavy atom. The minimum Gasteiger partial charge on any atom is -0.383 e. The average molecular weight is 466 g/mol. The number of methoxy groups -OCH3 is 1. The van der Waals surface area contributed by atoms with Crippen LogP contribution in [0.5, 0.6) is 0 Å². The Bertz CT molecular complexity index is 346. The van der Waals surface area contributed by atoms with Crippen LogP contribution in [0.4, 0.5) is 0 Å². The molecule has 0 atom stereocenters. The summed E-state index contributed by atoms with van der Waals surface area (Å²) in [7, 11) is 1.73. The number of ether oxygens (including phenoxy) is 5. The molecule has 0 aliphatic rings. The zero-order valence-corrected chi connectivity index (χ0v) is 23.7. The first-order valence-corrected chi connectivity index (χ1v) is 12.7. The van der Waals surface area contributed by atoms with E-state index >= 15 is 0 Å². The first-order valence-electron chi connectivity index (χ1n) is 12.7. The second-order valence-corrected chi connectivity index (χ2v) is 9.22. The minimum atomic E-state index is 0.194. The molecule has 0 aliphatic heterocycles. The fourth-order valence-corrected chi connectivity index (χ4v) is 3.34. The summed E-state index contributed by atoms with van der Waals surface area (Å²) >= 11 is 0. The zero-order valence-electron chi connectivity index (χ0n) is 23.7. The van der Waals surface area contributed by atoms with E-state index in [1.807, 2.05) is 27.7 Å². The Morgan fingerprint density at radius 3 is 1.41 bits per heavy atom. The van der Waals surface area contributed by atoms with Crippen LogP contribution in [0.15, 0.2) is 0 Å². The maximum Gasteiger partial charge on any atom is 0.0701 e. The maximum atomic E-state index is 5.77. The quantitative estimate of drug-likeness (QED) is 0.234. The number of hydrogen-bond donors (Lipinski definition) is 0. The molecule has 0 aliphatic carbocycles. The molecule has 0 radical (unpaired) electrons. The lowest BCUT2D eigenvalue weighted by atomic mass is 9.77. The lowest BCUT2D eigenvalue weighted by Crippen LogP contribution is -2.30. The van der Waals surface area contributed by atoms with Gasteiger partial charge in [-0.1, -0.05) is 69.2 Å². The summed E-state index contributed by atoms with van der Waals surface area (Å²) in [5.74, 6) is 0. The van der Waals surface area contributed by atoms with Crippen LogP contribution in [0.1, 0.15) is 75.7 Å². The molecule has 0 bridgehead atoms. The van der Waals surface area contributed by atoms with Crippen LogP contribution < -0.4 is 0 Å². The predicted octanol–water partition coefficient (Wildman–Crippen LogP) is 5.54. The van der Waals surface area contributed by atoms with Crippen LogP contribution in [0, 0.1) is 10.8 Å². The summed E-state index contributed by atoms with van der Waals surface area (Å²) in [6.07, 6.45) is 1.14. The van der Waals surface area contributed by atoms with E-state index in [1.54, 1.807) is 7.11 Å². The van der Waals surface area contributed by atoms with Crippen LogP contribution in [0.2, 0.25) is 0 Å². The lowest BCUT2D eigenvalue weighted by Gasteiger charge is -2.32. The van der Waals surface area contributed by atoms with E-state index in [0.717, 1.165) is 45.9 Å². The van der Waals surface area contributed by atoms with E-state index < -0.39 is 0 Å². The van der Waals surface area contributed by atoms with Crippen molar-refractivity contribution in [2.45, 2.75) is 75.7 Å². The molecule has 0 rings (SSSR count). The first-order chi connectivity index (χ1) is 15.2. The normalized spacial score (nSPS) is 11.6. The van der Waals surface area contributed by atoms with Crippen molar-refractivity contribution in [3.63, 3.8) is 0 Å². The molecule has 6 nitrogen and oxygen atoms in total. The Kier molecular flexibility index (Phi) is 28.8. The van der Waals surface area contributed by atoms with E-state index in [-0.39, 0.29) is 5.41 Å². The van der Waals surface area contributed by atoms with Crippen LogP contribution in [0.3, 0.4) is 0 Å². The molecule has 0 saturated carbocycles. The van der Waals surface area contributed by atoms with Gasteiger partial charge in [-0.05, 0) is 23.8 Å². The maximum absolute atomic E-state index is 5.77. The Hall–Kier alpha value is -0.240. The number of rotatable bonds is 19. The molecule has 0 N–H and O–H groups in total. The van der Waals surface area contributed by atoms with Crippen LogP contribution >= 0.6 is 0 Å². The number of nitrogens with zero attached hydrogens (tertiary/aromatic N) is 1. The minimum absolute atomic E-state index is 0.194. The molecule has 198 valence electrons. The summed E-state index contributed by atoms with van der Waals surface area (Å²) in [4.78, 5) is 2.31. The van der Waals surface area contributed by atoms with Gasteiger partial charge in [0.1, 0.15) is 0 Å². The van der Waals surface area contributed by atoms with Crippen LogP contribution in [-0.2, 0) is 23.7 Å². The van der Waals surface area contributed by atoms with Gasteiger partial charge in [-0.15, -0.1) is 0 Å². The summed E-state index contributed by atoms with van der Waals surface area (Å²) in [5.41, 5.74) is 0.517. The van der Waals surface area contributed by atoms with Gasteiger partial charge in [0, 0.05) is 20.2 Å². The van der Waals surface area contributed by atoms with Gasteiger partial charge in [0.25, 0.3) is 0 Å². The molecule has 0 aromatic rings. The fourth-order valence-electron chi connectivity index (χ4n) is 3.34. The molecule has 0 amide bonds. The SMILES string of the molecule is CC.CC.CCN(CCOC)CCOCCOCCOCCOCC(C)(C)CC(C)(C)C. The van der Waals surface area contributed by atoms with Gasteiger partial charge >= 0.3 is 0 Å². The highest BCUT2D eigenvalue weighted by atomic mass is 16.6. The molecule has 0 spiro atoms. The van der Waals surface area contributed by atoms with E-state index in [4.69, 9.17) is 23.7 Å². The highest BCUT2D eigenvalue weighted by Gasteiger charge is 2.25. The van der Waals surface area contributed by atoms with Crippen LogP contribution in [-0.4, -0.2) is 91.1 Å². The fraction of sp³-hybridized carbons (Fsp3) is 1.00. The highest BCUT2D eigenvalue weighted by molar-refractivity contribution is 4.75. The van der Waals surface area contributed by atoms with E-state index in [2.05, 4.69) is 46.4 Å². The molecule has 6 heteroatoms. The van der Waals surface area contributed by atoms with E-state index in [0.29, 0.717) is 45.1 Å². The van der Waals surface area contributed by atoms with Crippen molar-refractivity contribution >= 4 is 0 Å². The Balaban J connectivity index is -0.00000198. The molecule has 0 aromatic carbocycles. The van der Waals surface area contributed by atoms with E-state index in [1.165, 1.54) is 0 Å². The second kappa shape index (κ2) is 25.4. The van der Waals surface area contributed by atoms with Gasteiger partial charge in [0.15, 0.2) is 0 Å². The topological polar surface area (TPSA) is 49.4 Å². The second-order valence-electron chi connectivity index (χ2n) is 9.22. The van der Waals surface area contributed by atoms with Gasteiger partial charge in [-0.25, -0.2) is 0 Å². The summed E-state index contributed by atoms with van der Waals surface area (Å²) in [6.45, 7) is 30.3. The number of hydrogen-bond acceptors (Lipinski definition) is 6.